The van der Waals surface area contributed by atoms with Crippen LogP contribution in [0.25, 0.3) is 10.2 Å². The lowest BCUT2D eigenvalue weighted by Gasteiger charge is -2.04. The molecule has 6 nitrogen and oxygen atoms in total. The molecule has 0 radical (unpaired) electrons. The monoisotopic (exact) mass is 404 g/mol. The van der Waals surface area contributed by atoms with Crippen molar-refractivity contribution < 1.29 is 17.9 Å². The SMILES string of the molecule is COc1ccc(C)c2sc(NC(=O)CCCS(=O)(=O)c3ccccc3)nc12. The Bertz CT molecular complexity index is 1060. The zero-order chi connectivity index (χ0) is 19.4. The number of anilines is 1. The van der Waals surface area contributed by atoms with Gasteiger partial charge in [-0.15, -0.1) is 0 Å². The largest absolute Gasteiger partial charge is 0.494 e. The number of benzene rings is 2. The number of sulfone groups is 1. The van der Waals surface area contributed by atoms with Gasteiger partial charge in [-0.25, -0.2) is 13.4 Å². The Hall–Kier alpha value is -2.45. The Morgan fingerprint density at radius 1 is 1.19 bits per heavy atom. The van der Waals surface area contributed by atoms with E-state index in [0.717, 1.165) is 10.3 Å². The molecule has 1 heterocycles. The van der Waals surface area contributed by atoms with Gasteiger partial charge in [0.05, 0.1) is 22.5 Å². The van der Waals surface area contributed by atoms with Crippen molar-refractivity contribution in [3.63, 3.8) is 0 Å². The lowest BCUT2D eigenvalue weighted by molar-refractivity contribution is -0.116. The second-order valence-corrected chi connectivity index (χ2v) is 9.17. The van der Waals surface area contributed by atoms with Crippen LogP contribution in [0.3, 0.4) is 0 Å². The highest BCUT2D eigenvalue weighted by Gasteiger charge is 2.16. The predicted molar refractivity (Wildman–Crippen MR) is 107 cm³/mol. The Labute approximate surface area is 162 Å². The van der Waals surface area contributed by atoms with Crippen molar-refractivity contribution in [1.29, 1.82) is 0 Å². The van der Waals surface area contributed by atoms with Gasteiger partial charge in [0.15, 0.2) is 15.0 Å². The summed E-state index contributed by atoms with van der Waals surface area (Å²) in [4.78, 5) is 16.9. The Kier molecular flexibility index (Phi) is 5.76. The molecule has 0 aliphatic carbocycles. The van der Waals surface area contributed by atoms with Gasteiger partial charge >= 0.3 is 0 Å². The maximum absolute atomic E-state index is 12.2. The minimum atomic E-state index is -3.37. The maximum Gasteiger partial charge on any atom is 0.226 e. The van der Waals surface area contributed by atoms with Crippen LogP contribution in [0.2, 0.25) is 0 Å². The summed E-state index contributed by atoms with van der Waals surface area (Å²) in [6.45, 7) is 1.97. The van der Waals surface area contributed by atoms with E-state index in [2.05, 4.69) is 10.3 Å². The number of amides is 1. The molecule has 0 atom stereocenters. The molecule has 3 aromatic rings. The standard InChI is InChI=1S/C19H20N2O4S2/c1-13-10-11-15(25-2)17-18(13)26-19(21-17)20-16(22)9-6-12-27(23,24)14-7-4-3-5-8-14/h3-5,7-8,10-11H,6,9,12H2,1-2H3,(H,20,21,22). The van der Waals surface area contributed by atoms with E-state index in [0.29, 0.717) is 16.4 Å². The lowest BCUT2D eigenvalue weighted by Crippen LogP contribution is -2.14. The van der Waals surface area contributed by atoms with Gasteiger partial charge in [-0.2, -0.15) is 0 Å². The Morgan fingerprint density at radius 3 is 2.63 bits per heavy atom. The first-order valence-corrected chi connectivity index (χ1v) is 10.9. The number of nitrogens with one attached hydrogen (secondary N) is 1. The number of hydrogen-bond acceptors (Lipinski definition) is 6. The fourth-order valence-corrected chi connectivity index (χ4v) is 4.98. The highest BCUT2D eigenvalue weighted by atomic mass is 32.2. The highest BCUT2D eigenvalue weighted by Crippen LogP contribution is 2.34. The summed E-state index contributed by atoms with van der Waals surface area (Å²) in [5.41, 5.74) is 1.77. The summed E-state index contributed by atoms with van der Waals surface area (Å²) < 4.78 is 30.7. The predicted octanol–water partition coefficient (Wildman–Crippen LogP) is 3.81. The van der Waals surface area contributed by atoms with E-state index in [1.54, 1.807) is 37.4 Å². The van der Waals surface area contributed by atoms with Crippen LogP contribution in [0.5, 0.6) is 5.75 Å². The highest BCUT2D eigenvalue weighted by molar-refractivity contribution is 7.91. The van der Waals surface area contributed by atoms with Crippen molar-refractivity contribution in [2.24, 2.45) is 0 Å². The first kappa shape index (κ1) is 19.3. The number of nitrogens with zero attached hydrogens (tertiary/aromatic N) is 1. The Balaban J connectivity index is 1.62. The molecule has 1 N–H and O–H groups in total. The van der Waals surface area contributed by atoms with Gasteiger partial charge in [0.25, 0.3) is 0 Å². The maximum atomic E-state index is 12.2. The van der Waals surface area contributed by atoms with Gasteiger partial charge in [-0.1, -0.05) is 35.6 Å². The zero-order valence-corrected chi connectivity index (χ0v) is 16.7. The molecule has 0 aliphatic rings. The fraction of sp³-hybridized carbons (Fsp3) is 0.263. The van der Waals surface area contributed by atoms with Crippen molar-refractivity contribution in [2.75, 3.05) is 18.2 Å². The number of ether oxygens (including phenoxy) is 1. The minimum absolute atomic E-state index is 0.0722. The molecule has 2 aromatic carbocycles. The van der Waals surface area contributed by atoms with Crippen LogP contribution in [0.15, 0.2) is 47.4 Å². The summed E-state index contributed by atoms with van der Waals surface area (Å²) in [5.74, 6) is 0.326. The number of thiazole rings is 1. The summed E-state index contributed by atoms with van der Waals surface area (Å²) in [7, 11) is -1.80. The number of fused-ring (bicyclic) bond motifs is 1. The molecule has 142 valence electrons. The quantitative estimate of drug-likeness (QED) is 0.647. The van der Waals surface area contributed by atoms with Crippen LogP contribution in [0.1, 0.15) is 18.4 Å². The van der Waals surface area contributed by atoms with E-state index < -0.39 is 9.84 Å². The number of aromatic nitrogens is 1. The van der Waals surface area contributed by atoms with Crippen LogP contribution in [-0.4, -0.2) is 32.2 Å². The number of rotatable bonds is 7. The smallest absolute Gasteiger partial charge is 0.226 e. The molecule has 1 amide bonds. The fourth-order valence-electron chi connectivity index (χ4n) is 2.68. The van der Waals surface area contributed by atoms with Crippen LogP contribution in [-0.2, 0) is 14.6 Å². The number of carbonyl (C=O) groups excluding carboxylic acids is 1. The van der Waals surface area contributed by atoms with Gasteiger partial charge in [-0.05, 0) is 37.1 Å². The molecule has 0 bridgehead atoms. The number of hydrogen-bond donors (Lipinski definition) is 1. The third-order valence-corrected chi connectivity index (χ3v) is 7.01. The molecule has 1 aromatic heterocycles. The third kappa shape index (κ3) is 4.45. The topological polar surface area (TPSA) is 85.4 Å². The van der Waals surface area contributed by atoms with Gasteiger partial charge < -0.3 is 10.1 Å². The van der Waals surface area contributed by atoms with E-state index in [-0.39, 0.29) is 29.4 Å². The van der Waals surface area contributed by atoms with Crippen molar-refractivity contribution in [3.8, 4) is 5.75 Å². The van der Waals surface area contributed by atoms with E-state index in [1.165, 1.54) is 11.3 Å². The molecule has 0 fully saturated rings. The summed E-state index contributed by atoms with van der Waals surface area (Å²) in [6, 6.07) is 12.0. The van der Waals surface area contributed by atoms with E-state index in [9.17, 15) is 13.2 Å². The summed E-state index contributed by atoms with van der Waals surface area (Å²) in [5, 5.41) is 3.23. The number of carbonyl (C=O) groups is 1. The summed E-state index contributed by atoms with van der Waals surface area (Å²) in [6.07, 6.45) is 0.356. The molecule has 3 rings (SSSR count). The second kappa shape index (κ2) is 8.06. The molecule has 0 aliphatic heterocycles. The van der Waals surface area contributed by atoms with Crippen molar-refractivity contribution >= 4 is 42.4 Å². The molecular formula is C19H20N2O4S2. The normalized spacial score (nSPS) is 11.5. The third-order valence-electron chi connectivity index (χ3n) is 4.09. The van der Waals surface area contributed by atoms with Crippen LogP contribution >= 0.6 is 11.3 Å². The summed E-state index contributed by atoms with van der Waals surface area (Å²) >= 11 is 1.38. The van der Waals surface area contributed by atoms with Gasteiger partial charge in [0.1, 0.15) is 11.3 Å². The Morgan fingerprint density at radius 2 is 1.93 bits per heavy atom. The van der Waals surface area contributed by atoms with Crippen LogP contribution < -0.4 is 10.1 Å². The van der Waals surface area contributed by atoms with E-state index >= 15 is 0 Å². The zero-order valence-electron chi connectivity index (χ0n) is 15.1. The number of aryl methyl sites for hydroxylation is 1. The molecule has 27 heavy (non-hydrogen) atoms. The van der Waals surface area contributed by atoms with E-state index in [4.69, 9.17) is 4.74 Å². The van der Waals surface area contributed by atoms with Gasteiger partial charge in [0.2, 0.25) is 5.91 Å². The van der Waals surface area contributed by atoms with Crippen molar-refractivity contribution in [2.45, 2.75) is 24.7 Å². The first-order chi connectivity index (χ1) is 12.9. The van der Waals surface area contributed by atoms with Gasteiger partial charge in [0, 0.05) is 6.42 Å². The second-order valence-electron chi connectivity index (χ2n) is 6.07. The molecular weight excluding hydrogens is 384 g/mol. The average molecular weight is 405 g/mol. The average Bonchev–Trinajstić information content (AvgIpc) is 3.07. The van der Waals surface area contributed by atoms with E-state index in [1.807, 2.05) is 19.1 Å². The molecule has 8 heteroatoms. The molecule has 0 saturated carbocycles. The minimum Gasteiger partial charge on any atom is -0.494 e. The molecule has 0 spiro atoms. The van der Waals surface area contributed by atoms with Gasteiger partial charge in [-0.3, -0.25) is 4.79 Å². The molecule has 0 unspecified atom stereocenters. The van der Waals surface area contributed by atoms with Crippen LogP contribution in [0.4, 0.5) is 5.13 Å². The van der Waals surface area contributed by atoms with Crippen molar-refractivity contribution in [1.82, 2.24) is 4.98 Å². The lowest BCUT2D eigenvalue weighted by atomic mass is 10.2. The number of methoxy groups -OCH3 is 1. The first-order valence-electron chi connectivity index (χ1n) is 8.42. The van der Waals surface area contributed by atoms with Crippen molar-refractivity contribution in [3.05, 3.63) is 48.0 Å². The molecule has 0 saturated heterocycles. The van der Waals surface area contributed by atoms with Crippen LogP contribution in [0, 0.1) is 6.92 Å².